The lowest BCUT2D eigenvalue weighted by atomic mass is 9.83. The van der Waals surface area contributed by atoms with Gasteiger partial charge in [-0.15, -0.1) is 0 Å². The molecule has 76 heavy (non-hydrogen) atoms. The number of rotatable bonds is 14. The highest BCUT2D eigenvalue weighted by atomic mass is 32.2. The van der Waals surface area contributed by atoms with E-state index >= 15 is 0 Å². The van der Waals surface area contributed by atoms with Crippen molar-refractivity contribution < 1.29 is 82.6 Å². The van der Waals surface area contributed by atoms with E-state index in [1.807, 2.05) is 0 Å². The summed E-state index contributed by atoms with van der Waals surface area (Å²) < 4.78 is 160. The highest BCUT2D eigenvalue weighted by molar-refractivity contribution is 7.93. The molecule has 0 radical (unpaired) electrons. The Labute approximate surface area is 433 Å². The maximum absolute atomic E-state index is 13.9. The zero-order chi connectivity index (χ0) is 54.5. The first-order valence-electron chi connectivity index (χ1n) is 23.4. The monoisotopic (exact) mass is 1090 g/mol. The van der Waals surface area contributed by atoms with E-state index < -0.39 is 80.4 Å². The summed E-state index contributed by atoms with van der Waals surface area (Å²) in [6, 6.07) is 35.5. The normalized spacial score (nSPS) is 21.1. The molecule has 6 aromatic carbocycles. The van der Waals surface area contributed by atoms with Crippen molar-refractivity contribution in [1.82, 2.24) is 0 Å². The molecule has 10 rings (SSSR count). The molecular formula is C54H48F6N2O12S2. The molecule has 400 valence electrons. The number of ether oxygens (including phenoxy) is 4. The molecule has 0 saturated carbocycles. The summed E-state index contributed by atoms with van der Waals surface area (Å²) in [5.74, 6) is 0.851. The van der Waals surface area contributed by atoms with Crippen LogP contribution in [0.25, 0.3) is 22.3 Å². The van der Waals surface area contributed by atoms with E-state index in [1.54, 1.807) is 48.5 Å². The van der Waals surface area contributed by atoms with Gasteiger partial charge in [0.25, 0.3) is 0 Å². The smallest absolute Gasteiger partial charge is 0.407 e. The first-order chi connectivity index (χ1) is 35.9. The number of aromatic hydroxyl groups is 4. The van der Waals surface area contributed by atoms with Crippen LogP contribution in [-0.2, 0) is 29.5 Å². The Bertz CT molecular complexity index is 3130. The molecule has 6 aromatic rings. The van der Waals surface area contributed by atoms with Crippen LogP contribution in [0.4, 0.5) is 37.7 Å². The third-order valence-corrected chi connectivity index (χ3v) is 17.8. The predicted molar refractivity (Wildman–Crippen MR) is 271 cm³/mol. The van der Waals surface area contributed by atoms with Crippen molar-refractivity contribution in [2.45, 2.75) is 60.1 Å². The van der Waals surface area contributed by atoms with Gasteiger partial charge in [0.1, 0.15) is 70.3 Å². The Kier molecular flexibility index (Phi) is 14.5. The van der Waals surface area contributed by atoms with Gasteiger partial charge in [-0.05, 0) is 154 Å². The maximum atomic E-state index is 13.9. The average Bonchev–Trinajstić information content (AvgIpc) is 4.22. The van der Waals surface area contributed by atoms with E-state index in [4.69, 9.17) is 18.9 Å². The van der Waals surface area contributed by atoms with Crippen molar-refractivity contribution in [3.63, 3.8) is 0 Å². The maximum Gasteiger partial charge on any atom is 0.407 e. The number of hydrogen-bond donors (Lipinski definition) is 4. The lowest BCUT2D eigenvalue weighted by Gasteiger charge is -2.32. The Morgan fingerprint density at radius 3 is 0.961 bits per heavy atom. The summed E-state index contributed by atoms with van der Waals surface area (Å²) in [5.41, 5.74) is 4.67. The summed E-state index contributed by atoms with van der Waals surface area (Å²) >= 11 is 0. The Balaban J connectivity index is 0.000000186. The predicted octanol–water partition coefficient (Wildman–Crippen LogP) is 9.91. The molecular weight excluding hydrogens is 1050 g/mol. The number of halogens is 6. The quantitative estimate of drug-likeness (QED) is 0.0756. The summed E-state index contributed by atoms with van der Waals surface area (Å²) in [6.45, 7) is -3.39. The average molecular weight is 1100 g/mol. The van der Waals surface area contributed by atoms with Crippen molar-refractivity contribution in [3.8, 4) is 34.5 Å². The third kappa shape index (κ3) is 10.8. The van der Waals surface area contributed by atoms with Crippen LogP contribution in [0.2, 0.25) is 0 Å². The minimum absolute atomic E-state index is 0.00429. The lowest BCUT2D eigenvalue weighted by molar-refractivity contribution is -0.118. The molecule has 14 nitrogen and oxygen atoms in total. The van der Waals surface area contributed by atoms with E-state index in [0.717, 1.165) is 0 Å². The molecule has 2 fully saturated rings. The van der Waals surface area contributed by atoms with Crippen LogP contribution in [0, 0.1) is 0 Å². The number of fused-ring (bicyclic) bond motifs is 4. The zero-order valence-corrected chi connectivity index (χ0v) is 41.8. The van der Waals surface area contributed by atoms with Crippen LogP contribution in [0.1, 0.15) is 35.1 Å². The highest BCUT2D eigenvalue weighted by Gasteiger charge is 2.57. The summed E-state index contributed by atoms with van der Waals surface area (Å²) in [4.78, 5) is 0. The van der Waals surface area contributed by atoms with Gasteiger partial charge in [-0.25, -0.2) is 16.8 Å². The number of nitrogens with zero attached hydrogens (tertiary/aromatic N) is 2. The molecule has 4 aliphatic heterocycles. The van der Waals surface area contributed by atoms with E-state index in [0.29, 0.717) is 64.7 Å². The molecule has 0 unspecified atom stereocenters. The number of hydrogen-bond acceptors (Lipinski definition) is 12. The second-order valence-electron chi connectivity index (χ2n) is 18.2. The van der Waals surface area contributed by atoms with Gasteiger partial charge in [0.05, 0.1) is 37.8 Å². The summed E-state index contributed by atoms with van der Waals surface area (Å²) in [7, 11) is -6.35. The molecule has 0 aliphatic carbocycles. The van der Waals surface area contributed by atoms with Gasteiger partial charge in [-0.1, -0.05) is 48.5 Å². The number of methoxy groups -OCH3 is 2. The van der Waals surface area contributed by atoms with Crippen molar-refractivity contribution in [2.24, 2.45) is 0 Å². The molecule has 4 N–H and O–H groups in total. The molecule has 4 bridgehead atoms. The molecule has 0 spiro atoms. The van der Waals surface area contributed by atoms with Gasteiger partial charge in [-0.3, -0.25) is 8.61 Å². The van der Waals surface area contributed by atoms with Gasteiger partial charge in [0, 0.05) is 0 Å². The van der Waals surface area contributed by atoms with Crippen molar-refractivity contribution in [1.29, 1.82) is 0 Å². The zero-order valence-electron chi connectivity index (χ0n) is 40.2. The van der Waals surface area contributed by atoms with Gasteiger partial charge in [0.15, 0.2) is 0 Å². The fourth-order valence-electron chi connectivity index (χ4n) is 10.1. The van der Waals surface area contributed by atoms with Crippen molar-refractivity contribution in [3.05, 3.63) is 168 Å². The van der Waals surface area contributed by atoms with Crippen LogP contribution in [0.5, 0.6) is 34.5 Å². The molecule has 2 saturated heterocycles. The minimum atomic E-state index is -4.79. The number of phenolic OH excluding ortho intramolecular Hbond substituents is 4. The standard InChI is InChI=1S/2C27H24F3NO6S/c2*1-36-21-12-6-18(7-13-21)31(15-27(28,29)30)38(34,35)23-14-22-24(16-2-8-19(32)9-3-16)25(26(23)37-22)17-4-10-20(33)11-5-17/h2*2-13,22-23,26,32-33H,14-15H2,1H3/t2*22-,23+,26+/m10/s1. The summed E-state index contributed by atoms with van der Waals surface area (Å²) in [6.07, 6.45) is -13.2. The first-order valence-corrected chi connectivity index (χ1v) is 26.4. The number of benzene rings is 6. The van der Waals surface area contributed by atoms with Crippen molar-refractivity contribution in [2.75, 3.05) is 35.9 Å². The second kappa shape index (κ2) is 20.6. The van der Waals surface area contributed by atoms with Crippen LogP contribution in [0.15, 0.2) is 146 Å². The lowest BCUT2D eigenvalue weighted by Crippen LogP contribution is -2.47. The Hall–Kier alpha value is -7.40. The summed E-state index contributed by atoms with van der Waals surface area (Å²) in [5, 5.41) is 36.4. The SMILES string of the molecule is COc1ccc(N(CC(F)(F)F)S(=O)(=O)[C@@H]2C[C@@H]3O[C@H]2C(c2ccc(O)cc2)=C3c2ccc(O)cc2)cc1.COc1ccc(N(CC(F)(F)F)S(=O)(=O)[C@H]2C[C@H]3O[C@@H]2C(c2ccc(O)cc2)=C3c2ccc(O)cc2)cc1. The largest absolute Gasteiger partial charge is 0.508 e. The van der Waals surface area contributed by atoms with E-state index in [-0.39, 0.29) is 47.2 Å². The van der Waals surface area contributed by atoms with E-state index in [9.17, 15) is 63.6 Å². The van der Waals surface area contributed by atoms with Crippen LogP contribution in [-0.4, -0.2) is 112 Å². The number of sulfonamides is 2. The number of alkyl halides is 6. The molecule has 22 heteroatoms. The Morgan fingerprint density at radius 2 is 0.711 bits per heavy atom. The van der Waals surface area contributed by atoms with Crippen LogP contribution in [0.3, 0.4) is 0 Å². The van der Waals surface area contributed by atoms with Gasteiger partial charge in [0.2, 0.25) is 20.0 Å². The molecule has 4 aliphatic rings. The molecule has 6 atom stereocenters. The van der Waals surface area contributed by atoms with E-state index in [2.05, 4.69) is 0 Å². The molecule has 0 aromatic heterocycles. The number of phenols is 4. The molecule has 4 heterocycles. The second-order valence-corrected chi connectivity index (χ2v) is 22.4. The number of anilines is 2. The topological polar surface area (TPSA) is 193 Å². The van der Waals surface area contributed by atoms with Crippen LogP contribution >= 0.6 is 0 Å². The Morgan fingerprint density at radius 1 is 0.447 bits per heavy atom. The first kappa shape index (κ1) is 53.4. The van der Waals surface area contributed by atoms with Gasteiger partial charge >= 0.3 is 12.4 Å². The minimum Gasteiger partial charge on any atom is -0.508 e. The molecule has 0 amide bonds. The highest BCUT2D eigenvalue weighted by Crippen LogP contribution is 2.53. The van der Waals surface area contributed by atoms with Gasteiger partial charge < -0.3 is 39.4 Å². The third-order valence-electron chi connectivity index (χ3n) is 13.4. The van der Waals surface area contributed by atoms with Crippen molar-refractivity contribution >= 4 is 53.7 Å². The van der Waals surface area contributed by atoms with Gasteiger partial charge in [-0.2, -0.15) is 26.3 Å². The fraction of sp³-hybridized carbons (Fsp3) is 0.259. The fourth-order valence-corrected chi connectivity index (χ4v) is 14.1. The van der Waals surface area contributed by atoms with Crippen LogP contribution < -0.4 is 18.1 Å². The van der Waals surface area contributed by atoms with E-state index in [1.165, 1.54) is 111 Å².